The number of ether oxygens (including phenoxy) is 2. The number of aliphatic hydroxyl groups is 2. The monoisotopic (exact) mass is 896 g/mol. The third-order valence-corrected chi connectivity index (χ3v) is 10.6. The summed E-state index contributed by atoms with van der Waals surface area (Å²) in [7, 11) is 0. The Morgan fingerprint density at radius 2 is 1.00 bits per heavy atom. The van der Waals surface area contributed by atoms with Gasteiger partial charge < -0.3 is 39.3 Å². The van der Waals surface area contributed by atoms with Gasteiger partial charge in [0.05, 0.1) is 26.2 Å². The topological polar surface area (TPSA) is 175 Å². The second-order valence-electron chi connectivity index (χ2n) is 15.7. The SMILES string of the molecule is Cc1cc2c(OCCN(Cc3cncc(-c4cccc(F)c4)c3)OC(=O)C(O)C(O)C(=O)ON(CCOc3cccc4[nH]c(C)cc34)Cc3cncc(-c4cccc(F)c4)c3)cccc2[nH]1. The molecule has 4 heterocycles. The number of hydrogen-bond acceptors (Lipinski definition) is 12. The fourth-order valence-corrected chi connectivity index (χ4v) is 7.44. The lowest BCUT2D eigenvalue weighted by atomic mass is 10.1. The summed E-state index contributed by atoms with van der Waals surface area (Å²) in [6.07, 6.45) is 1.44. The van der Waals surface area contributed by atoms with Crippen molar-refractivity contribution in [3.63, 3.8) is 0 Å². The number of rotatable bonds is 19. The Kier molecular flexibility index (Phi) is 14.0. The summed E-state index contributed by atoms with van der Waals surface area (Å²) in [5.74, 6) is -2.39. The van der Waals surface area contributed by atoms with Crippen LogP contribution in [0.3, 0.4) is 0 Å². The van der Waals surface area contributed by atoms with Crippen molar-refractivity contribution in [1.82, 2.24) is 30.1 Å². The second-order valence-corrected chi connectivity index (χ2v) is 15.7. The van der Waals surface area contributed by atoms with Crippen molar-refractivity contribution in [3.05, 3.63) is 168 Å². The molecule has 8 rings (SSSR count). The summed E-state index contributed by atoms with van der Waals surface area (Å²) in [4.78, 5) is 53.5. The van der Waals surface area contributed by atoms with Crippen LogP contribution in [0.4, 0.5) is 8.78 Å². The lowest BCUT2D eigenvalue weighted by Gasteiger charge is -2.26. The number of carbonyl (C=O) groups is 2. The molecule has 4 aromatic heterocycles. The molecule has 0 bridgehead atoms. The molecular weight excluding hydrogens is 851 g/mol. The highest BCUT2D eigenvalue weighted by Gasteiger charge is 2.36. The quantitative estimate of drug-likeness (QED) is 0.0582. The Morgan fingerprint density at radius 3 is 1.42 bits per heavy atom. The largest absolute Gasteiger partial charge is 0.491 e. The molecule has 0 aliphatic rings. The number of carbonyl (C=O) groups excluding carboxylic acids is 2. The van der Waals surface area contributed by atoms with Gasteiger partial charge in [-0.1, -0.05) is 36.4 Å². The van der Waals surface area contributed by atoms with E-state index in [0.29, 0.717) is 44.9 Å². The minimum Gasteiger partial charge on any atom is -0.491 e. The summed E-state index contributed by atoms with van der Waals surface area (Å²) in [6.45, 7) is 3.68. The van der Waals surface area contributed by atoms with E-state index >= 15 is 0 Å². The van der Waals surface area contributed by atoms with Crippen LogP contribution < -0.4 is 9.47 Å². The van der Waals surface area contributed by atoms with Gasteiger partial charge in [0.25, 0.3) is 0 Å². The Morgan fingerprint density at radius 1 is 0.576 bits per heavy atom. The first-order valence-electron chi connectivity index (χ1n) is 21.1. The van der Waals surface area contributed by atoms with E-state index in [1.54, 1.807) is 60.9 Å². The predicted octanol–water partition coefficient (Wildman–Crippen LogP) is 7.77. The van der Waals surface area contributed by atoms with Crippen LogP contribution in [0.15, 0.2) is 134 Å². The molecule has 0 radical (unpaired) electrons. The lowest BCUT2D eigenvalue weighted by molar-refractivity contribution is -0.222. The van der Waals surface area contributed by atoms with E-state index in [-0.39, 0.29) is 39.4 Å². The second kappa shape index (κ2) is 20.6. The van der Waals surface area contributed by atoms with Crippen LogP contribution in [0.2, 0.25) is 0 Å². The minimum absolute atomic E-state index is 0.0127. The first-order chi connectivity index (χ1) is 31.9. The number of aryl methyl sites for hydroxylation is 2. The van der Waals surface area contributed by atoms with Crippen LogP contribution in [-0.2, 0) is 32.4 Å². The van der Waals surface area contributed by atoms with Crippen LogP contribution in [0, 0.1) is 25.5 Å². The van der Waals surface area contributed by atoms with Crippen LogP contribution in [0.25, 0.3) is 44.1 Å². The molecule has 0 aliphatic carbocycles. The number of nitrogens with zero attached hydrogens (tertiary/aromatic N) is 4. The number of aromatic nitrogens is 4. The van der Waals surface area contributed by atoms with Crippen LogP contribution in [-0.4, -0.2) is 90.7 Å². The molecule has 66 heavy (non-hydrogen) atoms. The molecule has 0 spiro atoms. The highest BCUT2D eigenvalue weighted by atomic mass is 19.1. The Bertz CT molecular complexity index is 2780. The zero-order chi connectivity index (χ0) is 46.2. The van der Waals surface area contributed by atoms with Gasteiger partial charge in [0, 0.05) is 69.1 Å². The van der Waals surface area contributed by atoms with Gasteiger partial charge in [-0.15, -0.1) is 10.1 Å². The molecule has 0 saturated carbocycles. The number of aliphatic hydroxyl groups excluding tert-OH is 2. The zero-order valence-electron chi connectivity index (χ0n) is 36.0. The molecule has 0 fully saturated rings. The molecule has 0 saturated heterocycles. The third kappa shape index (κ3) is 11.2. The van der Waals surface area contributed by atoms with E-state index in [1.807, 2.05) is 50.2 Å². The minimum atomic E-state index is -2.39. The Labute approximate surface area is 377 Å². The first kappa shape index (κ1) is 45.1. The van der Waals surface area contributed by atoms with Gasteiger partial charge in [0.15, 0.2) is 12.2 Å². The summed E-state index contributed by atoms with van der Waals surface area (Å²) >= 11 is 0. The lowest BCUT2D eigenvalue weighted by Crippen LogP contribution is -2.46. The molecule has 16 heteroatoms. The van der Waals surface area contributed by atoms with Gasteiger partial charge >= 0.3 is 11.9 Å². The summed E-state index contributed by atoms with van der Waals surface area (Å²) in [6, 6.07) is 30.5. The standard InChI is InChI=1S/C50H46F2N6O8/c1-31-19-41-43(55-31)11-5-13-45(41)63-17-15-57(29-33-21-37(27-53-25-33)35-7-3-9-39(51)23-35)65-49(61)47(59)48(60)50(62)66-58(16-18-64-46-14-6-12-44-42(46)20-32(2)56-44)30-34-22-38(28-54-26-34)36-8-4-10-40(52)24-36/h3-14,19-28,47-48,55-56,59-60H,15-18,29-30H2,1-2H3. The van der Waals surface area contributed by atoms with Gasteiger partial charge in [-0.05, 0) is 109 Å². The molecule has 4 aromatic carbocycles. The Balaban J connectivity index is 0.970. The van der Waals surface area contributed by atoms with Crippen molar-refractivity contribution >= 4 is 33.7 Å². The Hall–Kier alpha value is -7.50. The predicted molar refractivity (Wildman–Crippen MR) is 241 cm³/mol. The van der Waals surface area contributed by atoms with E-state index in [0.717, 1.165) is 33.2 Å². The summed E-state index contributed by atoms with van der Waals surface area (Å²) in [5, 5.41) is 26.3. The number of hydroxylamine groups is 4. The van der Waals surface area contributed by atoms with Crippen molar-refractivity contribution in [2.75, 3.05) is 26.3 Å². The number of aromatic amines is 2. The van der Waals surface area contributed by atoms with Crippen molar-refractivity contribution < 1.29 is 47.7 Å². The van der Waals surface area contributed by atoms with Gasteiger partial charge in [0.2, 0.25) is 0 Å². The first-order valence-corrected chi connectivity index (χ1v) is 21.1. The maximum atomic E-state index is 14.1. The number of hydrogen-bond donors (Lipinski definition) is 4. The molecule has 338 valence electrons. The fraction of sp³-hybridized carbons (Fsp3) is 0.200. The van der Waals surface area contributed by atoms with Crippen LogP contribution in [0.1, 0.15) is 22.5 Å². The molecular formula is C50H46F2N6O8. The average Bonchev–Trinajstić information content (AvgIpc) is 3.90. The fourth-order valence-electron chi connectivity index (χ4n) is 7.44. The smallest absolute Gasteiger partial charge is 0.357 e. The maximum Gasteiger partial charge on any atom is 0.357 e. The maximum absolute atomic E-state index is 14.1. The van der Waals surface area contributed by atoms with Crippen molar-refractivity contribution in [3.8, 4) is 33.8 Å². The van der Waals surface area contributed by atoms with Gasteiger partial charge in [0.1, 0.15) is 36.3 Å². The van der Waals surface area contributed by atoms with E-state index in [4.69, 9.17) is 19.1 Å². The number of nitrogens with one attached hydrogen (secondary N) is 2. The zero-order valence-corrected chi connectivity index (χ0v) is 36.0. The third-order valence-electron chi connectivity index (χ3n) is 10.6. The van der Waals surface area contributed by atoms with Crippen molar-refractivity contribution in [2.45, 2.75) is 39.1 Å². The number of pyridine rings is 2. The molecule has 2 unspecified atom stereocenters. The van der Waals surface area contributed by atoms with Crippen molar-refractivity contribution in [1.29, 1.82) is 0 Å². The average molecular weight is 897 g/mol. The van der Waals surface area contributed by atoms with Crippen LogP contribution >= 0.6 is 0 Å². The number of fused-ring (bicyclic) bond motifs is 2. The van der Waals surface area contributed by atoms with Gasteiger partial charge in [-0.3, -0.25) is 9.97 Å². The number of halogens is 2. The van der Waals surface area contributed by atoms with Crippen LogP contribution in [0.5, 0.6) is 11.5 Å². The number of H-pyrrole nitrogens is 2. The van der Waals surface area contributed by atoms with Gasteiger partial charge in [-0.25, -0.2) is 18.4 Å². The van der Waals surface area contributed by atoms with E-state index in [1.165, 1.54) is 46.8 Å². The highest BCUT2D eigenvalue weighted by Crippen LogP contribution is 2.28. The summed E-state index contributed by atoms with van der Waals surface area (Å²) in [5.41, 5.74) is 7.10. The van der Waals surface area contributed by atoms with Gasteiger partial charge in [-0.2, -0.15) is 0 Å². The summed E-state index contributed by atoms with van der Waals surface area (Å²) < 4.78 is 40.4. The molecule has 14 nitrogen and oxygen atoms in total. The highest BCUT2D eigenvalue weighted by molar-refractivity contribution is 5.87. The molecule has 0 aliphatic heterocycles. The molecule has 2 atom stereocenters. The molecule has 8 aromatic rings. The van der Waals surface area contributed by atoms with E-state index in [2.05, 4.69) is 19.9 Å². The number of benzene rings is 4. The van der Waals surface area contributed by atoms with E-state index < -0.39 is 35.8 Å². The van der Waals surface area contributed by atoms with E-state index in [9.17, 15) is 28.6 Å². The molecule has 4 N–H and O–H groups in total. The van der Waals surface area contributed by atoms with Crippen molar-refractivity contribution in [2.24, 2.45) is 0 Å². The molecule has 0 amide bonds. The normalized spacial score (nSPS) is 12.4.